The molecule has 1 heterocycles. The first-order valence-electron chi connectivity index (χ1n) is 11.9. The van der Waals surface area contributed by atoms with E-state index in [1.807, 2.05) is 30.0 Å². The summed E-state index contributed by atoms with van der Waals surface area (Å²) in [4.78, 5) is 46.0. The molecule has 0 aromatic heterocycles. The molecule has 3 amide bonds. The van der Waals surface area contributed by atoms with Crippen LogP contribution in [0.25, 0.3) is 0 Å². The largest absolute Gasteiger partial charge is 0.494 e. The Balaban J connectivity index is 0.00000106. The second kappa shape index (κ2) is 14.6. The van der Waals surface area contributed by atoms with Crippen LogP contribution < -0.4 is 10.1 Å². The summed E-state index contributed by atoms with van der Waals surface area (Å²) in [5.74, 6) is 0.964. The SMILES string of the molecule is CNC(=O)N(C)Cc1ccc(C)c(C(=O)N2CCC(CCOc3ccc(F)cc3)CC2)c1.O=CC=O. The predicted molar refractivity (Wildman–Crippen MR) is 134 cm³/mol. The summed E-state index contributed by atoms with van der Waals surface area (Å²) in [6, 6.07) is 11.7. The van der Waals surface area contributed by atoms with Gasteiger partial charge in [-0.15, -0.1) is 0 Å². The molecule has 9 heteroatoms. The number of nitrogens with zero attached hydrogens (tertiary/aromatic N) is 2. The molecular weight excluding hydrogens is 465 g/mol. The van der Waals surface area contributed by atoms with Gasteiger partial charge in [0.1, 0.15) is 11.6 Å². The Labute approximate surface area is 211 Å². The van der Waals surface area contributed by atoms with Crippen molar-refractivity contribution in [1.29, 1.82) is 0 Å². The van der Waals surface area contributed by atoms with Crippen molar-refractivity contribution in [3.63, 3.8) is 0 Å². The van der Waals surface area contributed by atoms with Gasteiger partial charge in [-0.3, -0.25) is 14.4 Å². The lowest BCUT2D eigenvalue weighted by Gasteiger charge is -2.32. The van der Waals surface area contributed by atoms with Crippen molar-refractivity contribution in [2.45, 2.75) is 32.7 Å². The molecule has 0 radical (unpaired) electrons. The van der Waals surface area contributed by atoms with E-state index in [-0.39, 0.29) is 30.3 Å². The fourth-order valence-electron chi connectivity index (χ4n) is 4.00. The average Bonchev–Trinajstić information content (AvgIpc) is 2.90. The molecule has 194 valence electrons. The van der Waals surface area contributed by atoms with Crippen LogP contribution >= 0.6 is 0 Å². The van der Waals surface area contributed by atoms with Gasteiger partial charge in [-0.25, -0.2) is 9.18 Å². The quantitative estimate of drug-likeness (QED) is 0.442. The van der Waals surface area contributed by atoms with Crippen LogP contribution in [0.4, 0.5) is 9.18 Å². The van der Waals surface area contributed by atoms with Crippen molar-refractivity contribution >= 4 is 24.5 Å². The molecule has 0 atom stereocenters. The Kier molecular flexibility index (Phi) is 11.6. The lowest BCUT2D eigenvalue weighted by molar-refractivity contribution is -0.122. The number of carbonyl (C=O) groups excluding carboxylic acids is 4. The topological polar surface area (TPSA) is 96.0 Å². The first-order chi connectivity index (χ1) is 17.3. The molecule has 1 fully saturated rings. The molecule has 2 aromatic rings. The van der Waals surface area contributed by atoms with Gasteiger partial charge in [0.2, 0.25) is 0 Å². The molecule has 0 spiro atoms. The maximum absolute atomic E-state index is 13.2. The van der Waals surface area contributed by atoms with E-state index in [0.717, 1.165) is 43.5 Å². The summed E-state index contributed by atoms with van der Waals surface area (Å²) >= 11 is 0. The normalized spacial score (nSPS) is 13.2. The zero-order valence-corrected chi connectivity index (χ0v) is 21.0. The molecular formula is C27H34FN3O5. The van der Waals surface area contributed by atoms with Crippen molar-refractivity contribution in [2.24, 2.45) is 5.92 Å². The summed E-state index contributed by atoms with van der Waals surface area (Å²) in [6.45, 7) is 4.42. The number of carbonyl (C=O) groups is 4. The Hall–Kier alpha value is -3.75. The fourth-order valence-corrected chi connectivity index (χ4v) is 4.00. The molecule has 0 unspecified atom stereocenters. The maximum atomic E-state index is 13.2. The number of benzene rings is 2. The highest BCUT2D eigenvalue weighted by molar-refractivity contribution is 6.09. The number of nitrogens with one attached hydrogen (secondary N) is 1. The summed E-state index contributed by atoms with van der Waals surface area (Å²) < 4.78 is 18.7. The van der Waals surface area contributed by atoms with E-state index < -0.39 is 0 Å². The molecule has 8 nitrogen and oxygen atoms in total. The number of aldehydes is 2. The molecule has 0 bridgehead atoms. The number of hydrogen-bond acceptors (Lipinski definition) is 5. The molecule has 0 aliphatic carbocycles. The highest BCUT2D eigenvalue weighted by Gasteiger charge is 2.25. The van der Waals surface area contributed by atoms with Gasteiger partial charge in [0.25, 0.3) is 5.91 Å². The van der Waals surface area contributed by atoms with Crippen molar-refractivity contribution < 1.29 is 28.3 Å². The van der Waals surface area contributed by atoms with E-state index in [9.17, 15) is 14.0 Å². The van der Waals surface area contributed by atoms with Crippen LogP contribution in [0.3, 0.4) is 0 Å². The fraction of sp³-hybridized carbons (Fsp3) is 0.407. The molecule has 1 N–H and O–H groups in total. The first-order valence-corrected chi connectivity index (χ1v) is 11.9. The smallest absolute Gasteiger partial charge is 0.317 e. The zero-order valence-electron chi connectivity index (χ0n) is 21.0. The van der Waals surface area contributed by atoms with Gasteiger partial charge < -0.3 is 19.9 Å². The molecule has 2 aromatic carbocycles. The summed E-state index contributed by atoms with van der Waals surface area (Å²) in [7, 11) is 3.33. The molecule has 1 aliphatic heterocycles. The second-order valence-electron chi connectivity index (χ2n) is 8.66. The number of ether oxygens (including phenoxy) is 1. The number of amides is 3. The zero-order chi connectivity index (χ0) is 26.5. The Morgan fingerprint density at radius 1 is 1.11 bits per heavy atom. The van der Waals surface area contributed by atoms with E-state index in [4.69, 9.17) is 14.3 Å². The summed E-state index contributed by atoms with van der Waals surface area (Å²) in [6.07, 6.45) is 3.19. The van der Waals surface area contributed by atoms with E-state index in [1.165, 1.54) is 12.1 Å². The van der Waals surface area contributed by atoms with Crippen LogP contribution in [0.5, 0.6) is 5.75 Å². The minimum absolute atomic E-state index is 0.0490. The number of rotatable bonds is 8. The van der Waals surface area contributed by atoms with Crippen LogP contribution in [-0.4, -0.2) is 68.1 Å². The summed E-state index contributed by atoms with van der Waals surface area (Å²) in [5.41, 5.74) is 2.57. The number of likely N-dealkylation sites (tertiary alicyclic amines) is 1. The van der Waals surface area contributed by atoms with Crippen LogP contribution in [0.15, 0.2) is 42.5 Å². The molecule has 36 heavy (non-hydrogen) atoms. The third-order valence-electron chi connectivity index (χ3n) is 6.08. The van der Waals surface area contributed by atoms with Crippen molar-refractivity contribution in [2.75, 3.05) is 33.8 Å². The van der Waals surface area contributed by atoms with Crippen LogP contribution in [-0.2, 0) is 16.1 Å². The first kappa shape index (κ1) is 28.5. The number of piperidine rings is 1. The van der Waals surface area contributed by atoms with Crippen LogP contribution in [0, 0.1) is 18.7 Å². The van der Waals surface area contributed by atoms with Crippen molar-refractivity contribution in [3.05, 3.63) is 65.0 Å². The number of halogens is 1. The Morgan fingerprint density at radius 2 is 1.75 bits per heavy atom. The predicted octanol–water partition coefficient (Wildman–Crippen LogP) is 3.61. The minimum atomic E-state index is -0.270. The van der Waals surface area contributed by atoms with Gasteiger partial charge in [0.15, 0.2) is 12.6 Å². The van der Waals surface area contributed by atoms with E-state index >= 15 is 0 Å². The molecule has 1 saturated heterocycles. The second-order valence-corrected chi connectivity index (χ2v) is 8.66. The van der Waals surface area contributed by atoms with Gasteiger partial charge in [-0.05, 0) is 73.6 Å². The highest BCUT2D eigenvalue weighted by Crippen LogP contribution is 2.24. The third-order valence-corrected chi connectivity index (χ3v) is 6.08. The lowest BCUT2D eigenvalue weighted by Crippen LogP contribution is -2.39. The molecule has 3 rings (SSSR count). The minimum Gasteiger partial charge on any atom is -0.494 e. The Bertz CT molecular complexity index is 1010. The lowest BCUT2D eigenvalue weighted by atomic mass is 9.93. The maximum Gasteiger partial charge on any atom is 0.317 e. The number of hydrogen-bond donors (Lipinski definition) is 1. The highest BCUT2D eigenvalue weighted by atomic mass is 19.1. The average molecular weight is 500 g/mol. The monoisotopic (exact) mass is 499 g/mol. The Morgan fingerprint density at radius 3 is 2.33 bits per heavy atom. The summed E-state index contributed by atoms with van der Waals surface area (Å²) in [5, 5.41) is 2.60. The van der Waals surface area contributed by atoms with Gasteiger partial charge in [0.05, 0.1) is 6.61 Å². The third kappa shape index (κ3) is 8.79. The van der Waals surface area contributed by atoms with Gasteiger partial charge in [-0.1, -0.05) is 12.1 Å². The van der Waals surface area contributed by atoms with Gasteiger partial charge in [0, 0.05) is 39.3 Å². The number of aryl methyl sites for hydroxylation is 1. The number of urea groups is 1. The molecule has 1 aliphatic rings. The standard InChI is InChI=1S/C25H32FN3O3.C2H2O2/c1-18-4-5-20(17-28(3)25(31)27-2)16-23(18)24(30)29-13-10-19(11-14-29)12-15-32-22-8-6-21(26)7-9-22;3-1-2-4/h4-9,16,19H,10-15,17H2,1-3H3,(H,27,31);1-2H. The van der Waals surface area contributed by atoms with Gasteiger partial charge >= 0.3 is 6.03 Å². The van der Waals surface area contributed by atoms with Crippen molar-refractivity contribution in [1.82, 2.24) is 15.1 Å². The van der Waals surface area contributed by atoms with Crippen LogP contribution in [0.1, 0.15) is 40.7 Å². The van der Waals surface area contributed by atoms with E-state index in [1.54, 1.807) is 31.1 Å². The van der Waals surface area contributed by atoms with Crippen LogP contribution in [0.2, 0.25) is 0 Å². The van der Waals surface area contributed by atoms with Gasteiger partial charge in [-0.2, -0.15) is 0 Å². The van der Waals surface area contributed by atoms with E-state index in [0.29, 0.717) is 30.4 Å². The van der Waals surface area contributed by atoms with Crippen molar-refractivity contribution in [3.8, 4) is 5.75 Å². The van der Waals surface area contributed by atoms with E-state index in [2.05, 4.69) is 5.32 Å². The molecule has 0 saturated carbocycles.